The molecule has 0 aliphatic rings. The van der Waals surface area contributed by atoms with E-state index in [4.69, 9.17) is 39.6 Å². The number of anilines is 2. The van der Waals surface area contributed by atoms with Crippen molar-refractivity contribution in [3.05, 3.63) is 69.4 Å². The minimum atomic E-state index is -0.539. The smallest absolute Gasteiger partial charge is 0.339 e. The third kappa shape index (κ3) is 6.62. The van der Waals surface area contributed by atoms with Gasteiger partial charge < -0.3 is 15.4 Å². The first-order chi connectivity index (χ1) is 16.2. The van der Waals surface area contributed by atoms with Gasteiger partial charge >= 0.3 is 5.97 Å². The summed E-state index contributed by atoms with van der Waals surface area (Å²) in [5.74, 6) is 1.88. The molecule has 34 heavy (non-hydrogen) atoms. The van der Waals surface area contributed by atoms with Crippen LogP contribution in [0.1, 0.15) is 36.2 Å². The molecule has 2 rings (SSSR count). The van der Waals surface area contributed by atoms with Gasteiger partial charge in [-0.2, -0.15) is 5.26 Å². The Bertz CT molecular complexity index is 1240. The number of terminal acetylenes is 1. The molecule has 0 bridgehead atoms. The third-order valence-electron chi connectivity index (χ3n) is 4.73. The molecule has 1 unspecified atom stereocenters. The van der Waals surface area contributed by atoms with E-state index in [0.717, 1.165) is 5.57 Å². The fourth-order valence-corrected chi connectivity index (χ4v) is 3.43. The molecule has 174 valence electrons. The number of methoxy groups -OCH3 is 1. The summed E-state index contributed by atoms with van der Waals surface area (Å²) in [4.78, 5) is 28.3. The first kappa shape index (κ1) is 26.5. The van der Waals surface area contributed by atoms with Crippen LogP contribution in [0.3, 0.4) is 0 Å². The number of ether oxygens (including phenoxy) is 1. The minimum absolute atomic E-state index is 0.251. The van der Waals surface area contributed by atoms with Crippen molar-refractivity contribution in [1.82, 2.24) is 4.98 Å². The fraction of sp³-hybridized carbons (Fsp3) is 0.200. The Morgan fingerprint density at radius 2 is 2.00 bits per heavy atom. The summed E-state index contributed by atoms with van der Waals surface area (Å²) in [6.45, 7) is 3.64. The minimum Gasteiger partial charge on any atom is -0.465 e. The maximum Gasteiger partial charge on any atom is 0.339 e. The molecular weight excluding hydrogens is 475 g/mol. The first-order valence-electron chi connectivity index (χ1n) is 10.0. The molecule has 7 nitrogen and oxygen atoms in total. The number of pyridine rings is 1. The molecule has 0 fully saturated rings. The summed E-state index contributed by atoms with van der Waals surface area (Å²) in [6, 6.07) is 8.02. The zero-order chi connectivity index (χ0) is 25.3. The van der Waals surface area contributed by atoms with Gasteiger partial charge in [0.1, 0.15) is 12.1 Å². The van der Waals surface area contributed by atoms with Crippen LogP contribution in [0.5, 0.6) is 0 Å². The second-order valence-electron chi connectivity index (χ2n) is 7.04. The van der Waals surface area contributed by atoms with E-state index in [2.05, 4.69) is 21.5 Å². The molecule has 0 saturated carbocycles. The van der Waals surface area contributed by atoms with Crippen molar-refractivity contribution in [2.75, 3.05) is 17.7 Å². The van der Waals surface area contributed by atoms with Gasteiger partial charge in [-0.15, -0.1) is 6.42 Å². The molecule has 0 aliphatic heterocycles. The molecule has 0 saturated heterocycles. The van der Waals surface area contributed by atoms with E-state index in [1.54, 1.807) is 36.4 Å². The topological polar surface area (TPSA) is 104 Å². The van der Waals surface area contributed by atoms with Crippen molar-refractivity contribution in [2.45, 2.75) is 26.3 Å². The Kier molecular flexibility index (Phi) is 9.70. The zero-order valence-electron chi connectivity index (χ0n) is 18.8. The number of benzene rings is 1. The number of nitrogens with one attached hydrogen (secondary N) is 2. The Labute approximate surface area is 208 Å². The predicted molar refractivity (Wildman–Crippen MR) is 135 cm³/mol. The highest BCUT2D eigenvalue weighted by atomic mass is 35.5. The van der Waals surface area contributed by atoms with Gasteiger partial charge in [0.05, 0.1) is 34.8 Å². The Balaban J connectivity index is 2.34. The summed E-state index contributed by atoms with van der Waals surface area (Å²) < 4.78 is 4.85. The number of hydrogen-bond donors (Lipinski definition) is 2. The number of halogens is 2. The van der Waals surface area contributed by atoms with Crippen molar-refractivity contribution in [2.24, 2.45) is 0 Å². The predicted octanol–water partition coefficient (Wildman–Crippen LogP) is 5.49. The van der Waals surface area contributed by atoms with Crippen LogP contribution in [0.25, 0.3) is 5.57 Å². The summed E-state index contributed by atoms with van der Waals surface area (Å²) in [6.07, 6.45) is 10.4. The highest BCUT2D eigenvalue weighted by Crippen LogP contribution is 2.30. The molecule has 0 aliphatic carbocycles. The zero-order valence-corrected chi connectivity index (χ0v) is 20.3. The number of nitrogens with zero attached hydrogens (tertiary/aromatic N) is 2. The van der Waals surface area contributed by atoms with E-state index in [9.17, 15) is 9.59 Å². The highest BCUT2D eigenvalue weighted by Gasteiger charge is 2.17. The van der Waals surface area contributed by atoms with E-state index in [-0.39, 0.29) is 27.7 Å². The maximum absolute atomic E-state index is 12.2. The van der Waals surface area contributed by atoms with Crippen LogP contribution in [0.15, 0.2) is 48.2 Å². The van der Waals surface area contributed by atoms with Crippen LogP contribution in [0.4, 0.5) is 11.5 Å². The van der Waals surface area contributed by atoms with Crippen LogP contribution in [-0.2, 0) is 9.53 Å². The van der Waals surface area contributed by atoms with E-state index in [1.165, 1.54) is 19.4 Å². The fourth-order valence-electron chi connectivity index (χ4n) is 2.99. The molecule has 1 aromatic carbocycles. The van der Waals surface area contributed by atoms with Gasteiger partial charge in [-0.05, 0) is 43.2 Å². The SMILES string of the molecule is C#CC(=CC=C(C)c1cccc(Cl)c1C(=O)OC)C(C)Nc1nccc(Cl)c1NC(=O)CC#N. The van der Waals surface area contributed by atoms with E-state index in [0.29, 0.717) is 17.0 Å². The maximum atomic E-state index is 12.2. The highest BCUT2D eigenvalue weighted by molar-refractivity contribution is 6.34. The molecule has 0 spiro atoms. The number of amides is 1. The largest absolute Gasteiger partial charge is 0.465 e. The number of carbonyl (C=O) groups excluding carboxylic acids is 2. The monoisotopic (exact) mass is 496 g/mol. The van der Waals surface area contributed by atoms with Gasteiger partial charge in [-0.25, -0.2) is 9.78 Å². The number of carbonyl (C=O) groups is 2. The van der Waals surface area contributed by atoms with Gasteiger partial charge in [0, 0.05) is 11.8 Å². The van der Waals surface area contributed by atoms with Gasteiger partial charge in [0.2, 0.25) is 5.91 Å². The second-order valence-corrected chi connectivity index (χ2v) is 7.85. The van der Waals surface area contributed by atoms with Crippen LogP contribution in [0.2, 0.25) is 10.0 Å². The Morgan fingerprint density at radius 1 is 1.26 bits per heavy atom. The first-order valence-corrected chi connectivity index (χ1v) is 10.8. The van der Waals surface area contributed by atoms with Crippen molar-refractivity contribution >= 4 is 52.2 Å². The van der Waals surface area contributed by atoms with Crippen molar-refractivity contribution in [3.63, 3.8) is 0 Å². The molecule has 1 atom stereocenters. The molecule has 2 N–H and O–H groups in total. The molecule has 1 heterocycles. The van der Waals surface area contributed by atoms with Crippen LogP contribution in [-0.4, -0.2) is 30.0 Å². The Morgan fingerprint density at radius 3 is 2.65 bits per heavy atom. The molecular formula is C25H22Cl2N4O3. The normalized spacial score (nSPS) is 12.2. The quantitative estimate of drug-likeness (QED) is 0.284. The van der Waals surface area contributed by atoms with Crippen LogP contribution >= 0.6 is 23.2 Å². The Hall–Kier alpha value is -3.78. The summed E-state index contributed by atoms with van der Waals surface area (Å²) in [5.41, 5.74) is 2.45. The standard InChI is InChI=1S/C25H22Cl2N4O3/c1-5-17(10-9-15(2)18-7-6-8-19(26)22(18)25(33)34-4)16(3)30-24-23(20(27)12-14-29-24)31-21(32)11-13-28/h1,6-10,12,14,16H,11H2,2-4H3,(H,29,30)(H,31,32). The van der Waals surface area contributed by atoms with Crippen molar-refractivity contribution in [3.8, 4) is 18.4 Å². The van der Waals surface area contributed by atoms with Gasteiger partial charge in [0.15, 0.2) is 5.82 Å². The lowest BCUT2D eigenvalue weighted by molar-refractivity contribution is -0.115. The molecule has 1 aromatic heterocycles. The number of aromatic nitrogens is 1. The van der Waals surface area contributed by atoms with Gasteiger partial charge in [0.25, 0.3) is 0 Å². The number of nitriles is 1. The molecule has 9 heteroatoms. The van der Waals surface area contributed by atoms with Gasteiger partial charge in [-0.1, -0.05) is 47.3 Å². The number of rotatable bonds is 8. The second kappa shape index (κ2) is 12.5. The molecule has 0 radical (unpaired) electrons. The van der Waals surface area contributed by atoms with E-state index >= 15 is 0 Å². The lowest BCUT2D eigenvalue weighted by atomic mass is 9.99. The van der Waals surface area contributed by atoms with Crippen LogP contribution in [0, 0.1) is 23.7 Å². The summed E-state index contributed by atoms with van der Waals surface area (Å²) >= 11 is 12.4. The number of allylic oxidation sites excluding steroid dienone is 3. The third-order valence-corrected chi connectivity index (χ3v) is 5.36. The van der Waals surface area contributed by atoms with E-state index in [1.807, 2.05) is 13.8 Å². The summed E-state index contributed by atoms with van der Waals surface area (Å²) in [5, 5.41) is 15.0. The lowest BCUT2D eigenvalue weighted by Crippen LogP contribution is -2.20. The molecule has 2 aromatic rings. The van der Waals surface area contributed by atoms with Crippen molar-refractivity contribution in [1.29, 1.82) is 5.26 Å². The average Bonchev–Trinajstić information content (AvgIpc) is 2.81. The average molecular weight is 497 g/mol. The summed E-state index contributed by atoms with van der Waals surface area (Å²) in [7, 11) is 1.29. The number of hydrogen-bond acceptors (Lipinski definition) is 6. The van der Waals surface area contributed by atoms with Gasteiger partial charge in [-0.3, -0.25) is 4.79 Å². The van der Waals surface area contributed by atoms with E-state index < -0.39 is 17.9 Å². The van der Waals surface area contributed by atoms with Crippen molar-refractivity contribution < 1.29 is 14.3 Å². The number of esters is 1. The molecule has 1 amide bonds. The van der Waals surface area contributed by atoms with Crippen LogP contribution < -0.4 is 10.6 Å². The lowest BCUT2D eigenvalue weighted by Gasteiger charge is -2.18.